The molecular weight excluding hydrogens is 380 g/mol. The Balaban J connectivity index is 1.85. The van der Waals surface area contributed by atoms with E-state index in [-0.39, 0.29) is 5.91 Å². The summed E-state index contributed by atoms with van der Waals surface area (Å²) in [5.74, 6) is 0.839. The molecule has 0 aliphatic rings. The van der Waals surface area contributed by atoms with Gasteiger partial charge in [0.15, 0.2) is 16.6 Å². The first kappa shape index (κ1) is 15.8. The van der Waals surface area contributed by atoms with E-state index in [1.54, 1.807) is 25.3 Å². The van der Waals surface area contributed by atoms with Crippen molar-refractivity contribution in [2.24, 2.45) is 0 Å². The van der Waals surface area contributed by atoms with Gasteiger partial charge in [0, 0.05) is 10.0 Å². The number of anilines is 1. The number of halogens is 1. The number of carbonyl (C=O) groups is 1. The molecule has 0 saturated heterocycles. The van der Waals surface area contributed by atoms with Crippen LogP contribution < -0.4 is 14.8 Å². The molecule has 7 heteroatoms. The van der Waals surface area contributed by atoms with Gasteiger partial charge in [-0.05, 0) is 36.4 Å². The van der Waals surface area contributed by atoms with Crippen LogP contribution in [0.5, 0.6) is 11.5 Å². The summed E-state index contributed by atoms with van der Waals surface area (Å²) in [6.45, 7) is 0. The number of hydrogen-bond donors (Lipinski definition) is 1. The van der Waals surface area contributed by atoms with Gasteiger partial charge < -0.3 is 9.47 Å². The van der Waals surface area contributed by atoms with Crippen LogP contribution in [0, 0.1) is 0 Å². The van der Waals surface area contributed by atoms with Crippen LogP contribution in [0.25, 0.3) is 10.2 Å². The zero-order valence-corrected chi connectivity index (χ0v) is 14.8. The molecule has 118 valence electrons. The number of nitrogens with one attached hydrogen (secondary N) is 1. The highest BCUT2D eigenvalue weighted by atomic mass is 79.9. The molecule has 0 fully saturated rings. The largest absolute Gasteiger partial charge is 0.493 e. The molecule has 0 atom stereocenters. The summed E-state index contributed by atoms with van der Waals surface area (Å²) in [4.78, 5) is 16.8. The molecule has 2 aromatic carbocycles. The maximum absolute atomic E-state index is 12.4. The Morgan fingerprint density at radius 3 is 2.65 bits per heavy atom. The number of carbonyl (C=O) groups excluding carboxylic acids is 1. The number of methoxy groups -OCH3 is 2. The van der Waals surface area contributed by atoms with E-state index in [1.807, 2.05) is 18.2 Å². The third-order valence-electron chi connectivity index (χ3n) is 3.22. The van der Waals surface area contributed by atoms with Crippen molar-refractivity contribution in [1.82, 2.24) is 4.98 Å². The number of ether oxygens (including phenoxy) is 2. The highest BCUT2D eigenvalue weighted by molar-refractivity contribution is 9.10. The maximum Gasteiger partial charge on any atom is 0.257 e. The van der Waals surface area contributed by atoms with Crippen LogP contribution in [-0.2, 0) is 0 Å². The molecule has 1 heterocycles. The van der Waals surface area contributed by atoms with Crippen LogP contribution in [0.2, 0.25) is 0 Å². The first-order valence-electron chi connectivity index (χ1n) is 6.70. The van der Waals surface area contributed by atoms with Crippen LogP contribution in [0.3, 0.4) is 0 Å². The molecule has 3 aromatic rings. The molecule has 23 heavy (non-hydrogen) atoms. The van der Waals surface area contributed by atoms with Gasteiger partial charge in [0.1, 0.15) is 0 Å². The first-order chi connectivity index (χ1) is 11.1. The minimum Gasteiger partial charge on any atom is -0.493 e. The van der Waals surface area contributed by atoms with E-state index in [9.17, 15) is 4.79 Å². The summed E-state index contributed by atoms with van der Waals surface area (Å²) in [5.41, 5.74) is 1.32. The summed E-state index contributed by atoms with van der Waals surface area (Å²) >= 11 is 4.85. The molecule has 0 saturated carbocycles. The Labute approximate surface area is 145 Å². The fraction of sp³-hybridized carbons (Fsp3) is 0.125. The van der Waals surface area contributed by atoms with Crippen LogP contribution in [0.1, 0.15) is 10.4 Å². The molecular formula is C16H13BrN2O3S. The van der Waals surface area contributed by atoms with Crippen LogP contribution in [0.15, 0.2) is 40.9 Å². The van der Waals surface area contributed by atoms with Crippen molar-refractivity contribution < 1.29 is 14.3 Å². The van der Waals surface area contributed by atoms with Crippen molar-refractivity contribution in [1.29, 1.82) is 0 Å². The minimum absolute atomic E-state index is 0.246. The SMILES string of the molecule is COc1ccc(C(=O)Nc2nc3ccc(Br)cc3s2)cc1OC. The average molecular weight is 393 g/mol. The van der Waals surface area contributed by atoms with E-state index < -0.39 is 0 Å². The van der Waals surface area contributed by atoms with Gasteiger partial charge in [-0.1, -0.05) is 27.3 Å². The lowest BCUT2D eigenvalue weighted by Crippen LogP contribution is -2.11. The van der Waals surface area contributed by atoms with Crippen molar-refractivity contribution in [3.8, 4) is 11.5 Å². The van der Waals surface area contributed by atoms with Gasteiger partial charge >= 0.3 is 0 Å². The lowest BCUT2D eigenvalue weighted by molar-refractivity contribution is 0.102. The van der Waals surface area contributed by atoms with E-state index in [0.717, 1.165) is 14.7 Å². The number of rotatable bonds is 4. The molecule has 0 spiro atoms. The van der Waals surface area contributed by atoms with E-state index in [2.05, 4.69) is 26.2 Å². The normalized spacial score (nSPS) is 10.6. The molecule has 5 nitrogen and oxygen atoms in total. The predicted octanol–water partition coefficient (Wildman–Crippen LogP) is 4.33. The molecule has 1 aromatic heterocycles. The molecule has 0 radical (unpaired) electrons. The van der Waals surface area contributed by atoms with Gasteiger partial charge in [0.05, 0.1) is 24.4 Å². The van der Waals surface area contributed by atoms with Crippen LogP contribution >= 0.6 is 27.3 Å². The van der Waals surface area contributed by atoms with Crippen molar-refractivity contribution >= 4 is 48.5 Å². The summed E-state index contributed by atoms with van der Waals surface area (Å²) in [6, 6.07) is 10.8. The highest BCUT2D eigenvalue weighted by Crippen LogP contribution is 2.30. The van der Waals surface area contributed by atoms with Crippen molar-refractivity contribution in [2.75, 3.05) is 19.5 Å². The number of benzene rings is 2. The lowest BCUT2D eigenvalue weighted by atomic mass is 10.2. The van der Waals surface area contributed by atoms with Crippen LogP contribution in [-0.4, -0.2) is 25.1 Å². The second-order valence-corrected chi connectivity index (χ2v) is 6.60. The monoisotopic (exact) mass is 392 g/mol. The molecule has 0 unspecified atom stereocenters. The second-order valence-electron chi connectivity index (χ2n) is 4.65. The van der Waals surface area contributed by atoms with E-state index >= 15 is 0 Å². The fourth-order valence-electron chi connectivity index (χ4n) is 2.10. The number of aromatic nitrogens is 1. The zero-order valence-electron chi connectivity index (χ0n) is 12.4. The van der Waals surface area contributed by atoms with Gasteiger partial charge in [-0.15, -0.1) is 0 Å². The number of amides is 1. The standard InChI is InChI=1S/C16H13BrN2O3S/c1-21-12-6-3-9(7-13(12)22-2)15(20)19-16-18-11-5-4-10(17)8-14(11)23-16/h3-8H,1-2H3,(H,18,19,20). The zero-order chi connectivity index (χ0) is 16.4. The van der Waals surface area contributed by atoms with Crippen LogP contribution in [0.4, 0.5) is 5.13 Å². The van der Waals surface area contributed by atoms with Crippen molar-refractivity contribution in [3.05, 3.63) is 46.4 Å². The Morgan fingerprint density at radius 1 is 1.13 bits per heavy atom. The van der Waals surface area contributed by atoms with E-state index in [4.69, 9.17) is 9.47 Å². The highest BCUT2D eigenvalue weighted by Gasteiger charge is 2.13. The average Bonchev–Trinajstić information content (AvgIpc) is 2.95. The molecule has 0 aliphatic heterocycles. The van der Waals surface area contributed by atoms with Gasteiger partial charge in [-0.25, -0.2) is 4.98 Å². The first-order valence-corrected chi connectivity index (χ1v) is 8.31. The maximum atomic E-state index is 12.4. The topological polar surface area (TPSA) is 60.5 Å². The van der Waals surface area contributed by atoms with E-state index in [0.29, 0.717) is 22.2 Å². The second kappa shape index (κ2) is 6.55. The third-order valence-corrected chi connectivity index (χ3v) is 4.64. The molecule has 1 N–H and O–H groups in total. The molecule has 1 amide bonds. The van der Waals surface area contributed by atoms with Crippen molar-refractivity contribution in [3.63, 3.8) is 0 Å². The van der Waals surface area contributed by atoms with Gasteiger partial charge in [0.25, 0.3) is 5.91 Å². The van der Waals surface area contributed by atoms with Crippen molar-refractivity contribution in [2.45, 2.75) is 0 Å². The Hall–Kier alpha value is -2.12. The number of nitrogens with zero attached hydrogens (tertiary/aromatic N) is 1. The Kier molecular flexibility index (Phi) is 4.49. The molecule has 0 bridgehead atoms. The number of fused-ring (bicyclic) bond motifs is 1. The minimum atomic E-state index is -0.246. The summed E-state index contributed by atoms with van der Waals surface area (Å²) in [5, 5.41) is 3.37. The Bertz CT molecular complexity index is 879. The fourth-order valence-corrected chi connectivity index (χ4v) is 3.51. The smallest absolute Gasteiger partial charge is 0.257 e. The van der Waals surface area contributed by atoms with Gasteiger partial charge in [-0.3, -0.25) is 10.1 Å². The quantitative estimate of drug-likeness (QED) is 0.717. The lowest BCUT2D eigenvalue weighted by Gasteiger charge is -2.09. The summed E-state index contributed by atoms with van der Waals surface area (Å²) < 4.78 is 12.4. The summed E-state index contributed by atoms with van der Waals surface area (Å²) in [6.07, 6.45) is 0. The Morgan fingerprint density at radius 2 is 1.91 bits per heavy atom. The van der Waals surface area contributed by atoms with E-state index in [1.165, 1.54) is 18.4 Å². The molecule has 0 aliphatic carbocycles. The molecule has 3 rings (SSSR count). The van der Waals surface area contributed by atoms with Gasteiger partial charge in [0.2, 0.25) is 0 Å². The van der Waals surface area contributed by atoms with Gasteiger partial charge in [-0.2, -0.15) is 0 Å². The number of hydrogen-bond acceptors (Lipinski definition) is 5. The third kappa shape index (κ3) is 3.30. The number of thiazole rings is 1. The predicted molar refractivity (Wildman–Crippen MR) is 94.8 cm³/mol. The summed E-state index contributed by atoms with van der Waals surface area (Å²) in [7, 11) is 3.09.